The van der Waals surface area contributed by atoms with Gasteiger partial charge in [-0.05, 0) is 12.6 Å². The van der Waals surface area contributed by atoms with Gasteiger partial charge in [0.05, 0.1) is 0 Å². The first-order chi connectivity index (χ1) is 12.2. The van der Waals surface area contributed by atoms with Crippen LogP contribution >= 0.6 is 0 Å². The predicted molar refractivity (Wildman–Crippen MR) is 93.3 cm³/mol. The van der Waals surface area contributed by atoms with Crippen LogP contribution in [0, 0.1) is 11.3 Å². The van der Waals surface area contributed by atoms with Crippen LogP contribution in [0.4, 0.5) is 16.4 Å². The maximum atomic E-state index is 12.0. The fraction of sp³-hybridized carbons (Fsp3) is 0.353. The van der Waals surface area contributed by atoms with Gasteiger partial charge in [0.15, 0.2) is 11.6 Å². The number of hydrogen-bond acceptors (Lipinski definition) is 6. The zero-order chi connectivity index (χ0) is 17.6. The van der Waals surface area contributed by atoms with Crippen LogP contribution in [0.15, 0.2) is 30.3 Å². The molecule has 0 saturated carbocycles. The molecular formula is C17H20N6O2. The number of hydrogen-bond donors (Lipinski definition) is 2. The number of nitriles is 1. The van der Waals surface area contributed by atoms with Gasteiger partial charge < -0.3 is 14.5 Å². The van der Waals surface area contributed by atoms with E-state index in [1.165, 1.54) is 0 Å². The number of carbonyl (C=O) groups excluding carboxylic acids is 1. The Kier molecular flexibility index (Phi) is 5.16. The first-order valence-electron chi connectivity index (χ1n) is 8.07. The number of amides is 1. The summed E-state index contributed by atoms with van der Waals surface area (Å²) in [6, 6.07) is 11.5. The van der Waals surface area contributed by atoms with Crippen LogP contribution < -0.4 is 10.2 Å². The van der Waals surface area contributed by atoms with E-state index in [1.807, 2.05) is 35.2 Å². The predicted octanol–water partition coefficient (Wildman–Crippen LogP) is 1.78. The molecule has 1 aromatic heterocycles. The summed E-state index contributed by atoms with van der Waals surface area (Å²) in [7, 11) is 2.06. The molecule has 0 unspecified atom stereocenters. The summed E-state index contributed by atoms with van der Waals surface area (Å²) < 4.78 is 5.17. The molecule has 0 atom stereocenters. The van der Waals surface area contributed by atoms with Gasteiger partial charge in [0.25, 0.3) is 0 Å². The number of ether oxygens (including phenoxy) is 1. The second-order valence-electron chi connectivity index (χ2n) is 5.89. The van der Waals surface area contributed by atoms with Crippen molar-refractivity contribution in [3.05, 3.63) is 41.5 Å². The number of piperazine rings is 1. The lowest BCUT2D eigenvalue weighted by molar-refractivity contribution is 0.155. The Morgan fingerprint density at radius 1 is 1.32 bits per heavy atom. The third kappa shape index (κ3) is 4.08. The monoisotopic (exact) mass is 340 g/mol. The van der Waals surface area contributed by atoms with Gasteiger partial charge in [0, 0.05) is 26.2 Å². The van der Waals surface area contributed by atoms with Gasteiger partial charge in [-0.25, -0.2) is 4.79 Å². The van der Waals surface area contributed by atoms with E-state index in [0.717, 1.165) is 31.7 Å². The molecule has 0 bridgehead atoms. The highest BCUT2D eigenvalue weighted by atomic mass is 16.5. The molecule has 1 aliphatic heterocycles. The maximum absolute atomic E-state index is 12.0. The Morgan fingerprint density at radius 2 is 2.04 bits per heavy atom. The van der Waals surface area contributed by atoms with E-state index in [-0.39, 0.29) is 12.4 Å². The Morgan fingerprint density at radius 3 is 2.72 bits per heavy atom. The summed E-state index contributed by atoms with van der Waals surface area (Å²) in [5, 5.41) is 18.9. The van der Waals surface area contributed by atoms with Crippen molar-refractivity contribution in [2.45, 2.75) is 6.61 Å². The van der Waals surface area contributed by atoms with Gasteiger partial charge in [-0.2, -0.15) is 10.4 Å². The molecule has 2 aromatic rings. The highest BCUT2D eigenvalue weighted by Crippen LogP contribution is 2.24. The van der Waals surface area contributed by atoms with Crippen molar-refractivity contribution in [3.63, 3.8) is 0 Å². The highest BCUT2D eigenvalue weighted by Gasteiger charge is 2.23. The van der Waals surface area contributed by atoms with Crippen molar-refractivity contribution in [1.82, 2.24) is 15.1 Å². The van der Waals surface area contributed by atoms with Crippen LogP contribution in [0.5, 0.6) is 0 Å². The van der Waals surface area contributed by atoms with Gasteiger partial charge in [0.2, 0.25) is 0 Å². The zero-order valence-corrected chi connectivity index (χ0v) is 14.0. The molecule has 1 amide bonds. The van der Waals surface area contributed by atoms with E-state index in [9.17, 15) is 10.1 Å². The van der Waals surface area contributed by atoms with E-state index in [2.05, 4.69) is 33.5 Å². The number of carbonyl (C=O) groups is 1. The van der Waals surface area contributed by atoms with Gasteiger partial charge in [-0.3, -0.25) is 10.4 Å². The number of aromatic nitrogens is 2. The average Bonchev–Trinajstić information content (AvgIpc) is 3.04. The number of anilines is 2. The van der Waals surface area contributed by atoms with Crippen molar-refractivity contribution < 1.29 is 9.53 Å². The molecule has 0 spiro atoms. The molecule has 2 heterocycles. The van der Waals surface area contributed by atoms with Crippen molar-refractivity contribution in [1.29, 1.82) is 5.26 Å². The number of benzene rings is 1. The molecule has 25 heavy (non-hydrogen) atoms. The molecule has 8 nitrogen and oxygen atoms in total. The second-order valence-corrected chi connectivity index (χ2v) is 5.89. The normalized spacial score (nSPS) is 14.8. The highest BCUT2D eigenvalue weighted by molar-refractivity contribution is 5.86. The molecule has 130 valence electrons. The van der Waals surface area contributed by atoms with Crippen molar-refractivity contribution in [2.24, 2.45) is 0 Å². The summed E-state index contributed by atoms with van der Waals surface area (Å²) >= 11 is 0. The fourth-order valence-electron chi connectivity index (χ4n) is 2.64. The smallest absolute Gasteiger partial charge is 0.413 e. The molecule has 1 saturated heterocycles. The number of H-pyrrole nitrogens is 1. The van der Waals surface area contributed by atoms with Crippen molar-refractivity contribution in [3.8, 4) is 6.07 Å². The summed E-state index contributed by atoms with van der Waals surface area (Å²) in [4.78, 5) is 16.2. The van der Waals surface area contributed by atoms with Crippen LogP contribution in [-0.2, 0) is 11.3 Å². The van der Waals surface area contributed by atoms with E-state index in [4.69, 9.17) is 4.74 Å². The van der Waals surface area contributed by atoms with Crippen LogP contribution in [0.3, 0.4) is 0 Å². The first kappa shape index (κ1) is 16.8. The molecule has 0 radical (unpaired) electrons. The van der Waals surface area contributed by atoms with Gasteiger partial charge in [-0.1, -0.05) is 30.3 Å². The first-order valence-corrected chi connectivity index (χ1v) is 8.07. The van der Waals surface area contributed by atoms with Gasteiger partial charge in [0.1, 0.15) is 18.2 Å². The van der Waals surface area contributed by atoms with Crippen LogP contribution in [-0.4, -0.2) is 54.4 Å². The lowest BCUT2D eigenvalue weighted by Gasteiger charge is -2.32. The fourth-order valence-corrected chi connectivity index (χ4v) is 2.64. The lowest BCUT2D eigenvalue weighted by Crippen LogP contribution is -2.44. The number of rotatable bonds is 4. The largest absolute Gasteiger partial charge is 0.444 e. The van der Waals surface area contributed by atoms with Crippen molar-refractivity contribution >= 4 is 17.7 Å². The summed E-state index contributed by atoms with van der Waals surface area (Å²) in [6.07, 6.45) is -0.631. The Balaban J connectivity index is 1.62. The third-order valence-corrected chi connectivity index (χ3v) is 4.10. The molecule has 2 N–H and O–H groups in total. The topological polar surface area (TPSA) is 97.3 Å². The van der Waals surface area contributed by atoms with E-state index < -0.39 is 6.09 Å². The Bertz CT molecular complexity index is 759. The Labute approximate surface area is 146 Å². The molecule has 1 aromatic carbocycles. The second kappa shape index (κ2) is 7.68. The van der Waals surface area contributed by atoms with Crippen LogP contribution in [0.1, 0.15) is 11.1 Å². The average molecular weight is 340 g/mol. The minimum Gasteiger partial charge on any atom is -0.444 e. The number of nitrogens with one attached hydrogen (secondary N) is 2. The number of nitrogens with zero attached hydrogens (tertiary/aromatic N) is 4. The number of likely N-dealkylation sites (N-methyl/N-ethyl adjacent to an activating group) is 1. The lowest BCUT2D eigenvalue weighted by atomic mass is 10.2. The molecule has 8 heteroatoms. The Hall–Kier alpha value is -3.05. The molecule has 3 rings (SSSR count). The van der Waals surface area contributed by atoms with E-state index >= 15 is 0 Å². The summed E-state index contributed by atoms with van der Waals surface area (Å²) in [5.74, 6) is 0.823. The quantitative estimate of drug-likeness (QED) is 0.880. The molecule has 1 fully saturated rings. The minimum absolute atomic E-state index is 0.161. The standard InChI is InChI=1S/C17H20N6O2/c1-22-7-9-23(10-8-22)16-14(11-18)15(20-21-16)19-17(24)25-12-13-5-3-2-4-6-13/h2-6H,7-10,12H2,1H3,(H2,19,20,21,24). The van der Waals surface area contributed by atoms with Crippen molar-refractivity contribution in [2.75, 3.05) is 43.4 Å². The van der Waals surface area contributed by atoms with Gasteiger partial charge >= 0.3 is 6.09 Å². The third-order valence-electron chi connectivity index (χ3n) is 4.10. The minimum atomic E-state index is -0.631. The van der Waals surface area contributed by atoms with Crippen LogP contribution in [0.25, 0.3) is 0 Å². The van der Waals surface area contributed by atoms with Crippen LogP contribution in [0.2, 0.25) is 0 Å². The SMILES string of the molecule is CN1CCN(c2n[nH]c(NC(=O)OCc3ccccc3)c2C#N)CC1. The molecular weight excluding hydrogens is 320 g/mol. The zero-order valence-electron chi connectivity index (χ0n) is 14.0. The number of aromatic amines is 1. The van der Waals surface area contributed by atoms with E-state index in [0.29, 0.717) is 11.4 Å². The maximum Gasteiger partial charge on any atom is 0.413 e. The molecule has 0 aliphatic carbocycles. The van der Waals surface area contributed by atoms with Gasteiger partial charge in [-0.15, -0.1) is 0 Å². The summed E-state index contributed by atoms with van der Waals surface area (Å²) in [5.41, 5.74) is 1.21. The molecule has 1 aliphatic rings. The van der Waals surface area contributed by atoms with E-state index in [1.54, 1.807) is 0 Å². The summed E-state index contributed by atoms with van der Waals surface area (Å²) in [6.45, 7) is 3.54.